The number of nitriles is 1. The van der Waals surface area contributed by atoms with Crippen molar-refractivity contribution in [3.63, 3.8) is 0 Å². The van der Waals surface area contributed by atoms with Gasteiger partial charge < -0.3 is 14.3 Å². The van der Waals surface area contributed by atoms with Crippen molar-refractivity contribution < 1.29 is 14.3 Å². The third-order valence-electron chi connectivity index (χ3n) is 4.27. The second-order valence-corrected chi connectivity index (χ2v) is 7.59. The monoisotopic (exact) mass is 474 g/mol. The zero-order chi connectivity index (χ0) is 22.2. The molecule has 5 nitrogen and oxygen atoms in total. The molecule has 0 unspecified atom stereocenters. The Labute approximate surface area is 195 Å². The number of ether oxygens (including phenoxy) is 2. The molecule has 0 aliphatic heterocycles. The van der Waals surface area contributed by atoms with E-state index < -0.39 is 0 Å². The van der Waals surface area contributed by atoms with Crippen molar-refractivity contribution in [2.24, 2.45) is 5.16 Å². The molecule has 0 fully saturated rings. The van der Waals surface area contributed by atoms with Crippen LogP contribution in [0.5, 0.6) is 11.5 Å². The molecule has 158 valence electrons. The molecule has 8 heteroatoms. The number of oxime groups is 1. The van der Waals surface area contributed by atoms with Gasteiger partial charge in [0, 0.05) is 26.7 Å². The first-order valence-corrected chi connectivity index (χ1v) is 10.2. The van der Waals surface area contributed by atoms with Crippen LogP contribution in [0.25, 0.3) is 0 Å². The van der Waals surface area contributed by atoms with Gasteiger partial charge in [0.15, 0.2) is 11.5 Å². The van der Waals surface area contributed by atoms with Gasteiger partial charge in [-0.3, -0.25) is 0 Å². The average molecular weight is 476 g/mol. The summed E-state index contributed by atoms with van der Waals surface area (Å²) in [5.74, 6) is 0.824. The van der Waals surface area contributed by atoms with Crippen molar-refractivity contribution in [2.75, 3.05) is 7.11 Å². The van der Waals surface area contributed by atoms with Crippen LogP contribution in [0.3, 0.4) is 0 Å². The summed E-state index contributed by atoms with van der Waals surface area (Å²) in [6.07, 6.45) is 1.50. The van der Waals surface area contributed by atoms with E-state index in [1.165, 1.54) is 13.3 Å². The standard InChI is InChI=1S/C23H17Cl3N2O3/c1-29-22-9-15(12-28-31-14-17-5-3-2-4-16(17)11-27)8-21(26)23(22)30-13-18-6-7-19(24)10-20(18)25/h2-10,12H,13-14H2,1H3/b28-12-. The highest BCUT2D eigenvalue weighted by Crippen LogP contribution is 2.37. The summed E-state index contributed by atoms with van der Waals surface area (Å²) >= 11 is 18.5. The molecule has 0 aliphatic carbocycles. The van der Waals surface area contributed by atoms with E-state index in [4.69, 9.17) is 54.4 Å². The molecule has 0 radical (unpaired) electrons. The van der Waals surface area contributed by atoms with E-state index in [9.17, 15) is 0 Å². The minimum atomic E-state index is 0.175. The molecule has 0 aromatic heterocycles. The Morgan fingerprint density at radius 3 is 2.52 bits per heavy atom. The Morgan fingerprint density at radius 2 is 1.77 bits per heavy atom. The van der Waals surface area contributed by atoms with Crippen LogP contribution in [-0.2, 0) is 18.1 Å². The van der Waals surface area contributed by atoms with Crippen molar-refractivity contribution in [2.45, 2.75) is 13.2 Å². The van der Waals surface area contributed by atoms with Gasteiger partial charge in [-0.25, -0.2) is 0 Å². The number of hydrogen-bond acceptors (Lipinski definition) is 5. The van der Waals surface area contributed by atoms with Crippen LogP contribution in [0, 0.1) is 11.3 Å². The maximum Gasteiger partial charge on any atom is 0.180 e. The number of nitrogens with zero attached hydrogens (tertiary/aromatic N) is 2. The fourth-order valence-corrected chi connectivity index (χ4v) is 3.44. The van der Waals surface area contributed by atoms with E-state index >= 15 is 0 Å². The number of hydrogen-bond donors (Lipinski definition) is 0. The lowest BCUT2D eigenvalue weighted by molar-refractivity contribution is 0.132. The maximum absolute atomic E-state index is 9.11. The molecule has 0 spiro atoms. The van der Waals surface area contributed by atoms with Crippen LogP contribution < -0.4 is 9.47 Å². The van der Waals surface area contributed by atoms with Gasteiger partial charge in [0.25, 0.3) is 0 Å². The van der Waals surface area contributed by atoms with E-state index in [-0.39, 0.29) is 13.2 Å². The Morgan fingerprint density at radius 1 is 0.968 bits per heavy atom. The third kappa shape index (κ3) is 6.05. The second-order valence-electron chi connectivity index (χ2n) is 6.34. The summed E-state index contributed by atoms with van der Waals surface area (Å²) in [7, 11) is 1.52. The van der Waals surface area contributed by atoms with Gasteiger partial charge in [-0.05, 0) is 30.3 Å². The van der Waals surface area contributed by atoms with Crippen molar-refractivity contribution in [3.8, 4) is 17.6 Å². The topological polar surface area (TPSA) is 63.8 Å². The minimum Gasteiger partial charge on any atom is -0.493 e. The van der Waals surface area contributed by atoms with Gasteiger partial charge in [-0.1, -0.05) is 64.2 Å². The Hall–Kier alpha value is -2.91. The predicted octanol–water partition coefficient (Wildman–Crippen LogP) is 6.66. The SMILES string of the molecule is COc1cc(/C=N\OCc2ccccc2C#N)cc(Cl)c1OCc1ccc(Cl)cc1Cl. The van der Waals surface area contributed by atoms with E-state index in [1.54, 1.807) is 42.5 Å². The summed E-state index contributed by atoms with van der Waals surface area (Å²) in [4.78, 5) is 5.32. The molecule has 0 saturated carbocycles. The Bertz CT molecular complexity index is 1140. The summed E-state index contributed by atoms with van der Waals surface area (Å²) in [6.45, 7) is 0.370. The van der Waals surface area contributed by atoms with Gasteiger partial charge in [-0.15, -0.1) is 0 Å². The van der Waals surface area contributed by atoms with Crippen molar-refractivity contribution in [1.82, 2.24) is 0 Å². The average Bonchev–Trinajstić information content (AvgIpc) is 2.77. The van der Waals surface area contributed by atoms with Crippen LogP contribution in [0.4, 0.5) is 0 Å². The second kappa shape index (κ2) is 10.9. The molecule has 3 aromatic rings. The lowest BCUT2D eigenvalue weighted by Crippen LogP contribution is -2.00. The summed E-state index contributed by atoms with van der Waals surface area (Å²) in [5, 5.41) is 14.5. The molecule has 0 saturated heterocycles. The van der Waals surface area contributed by atoms with Crippen LogP contribution >= 0.6 is 34.8 Å². The maximum atomic E-state index is 9.11. The first-order valence-electron chi connectivity index (χ1n) is 9.09. The van der Waals surface area contributed by atoms with Crippen molar-refractivity contribution >= 4 is 41.0 Å². The molecule has 31 heavy (non-hydrogen) atoms. The number of methoxy groups -OCH3 is 1. The Kier molecular flexibility index (Phi) is 8.02. The first-order chi connectivity index (χ1) is 15.0. The quantitative estimate of drug-likeness (QED) is 0.270. The van der Waals surface area contributed by atoms with Gasteiger partial charge in [0.1, 0.15) is 13.2 Å². The fourth-order valence-electron chi connectivity index (χ4n) is 2.70. The number of rotatable bonds is 8. The van der Waals surface area contributed by atoms with E-state index in [2.05, 4.69) is 11.2 Å². The zero-order valence-electron chi connectivity index (χ0n) is 16.4. The van der Waals surface area contributed by atoms with E-state index in [1.807, 2.05) is 12.1 Å². The number of halogens is 3. The summed E-state index contributed by atoms with van der Waals surface area (Å²) in [5.41, 5.74) is 2.72. The third-order valence-corrected chi connectivity index (χ3v) is 5.14. The van der Waals surface area contributed by atoms with Gasteiger partial charge in [0.05, 0.1) is 30.0 Å². The molecule has 0 atom stereocenters. The first kappa shape index (κ1) is 22.8. The molecule has 0 N–H and O–H groups in total. The van der Waals surface area contributed by atoms with Gasteiger partial charge >= 0.3 is 0 Å². The predicted molar refractivity (Wildman–Crippen MR) is 122 cm³/mol. The normalized spacial score (nSPS) is 10.7. The van der Waals surface area contributed by atoms with Crippen LogP contribution in [0.2, 0.25) is 15.1 Å². The lowest BCUT2D eigenvalue weighted by atomic mass is 10.1. The van der Waals surface area contributed by atoms with Gasteiger partial charge in [0.2, 0.25) is 0 Å². The molecule has 3 aromatic carbocycles. The van der Waals surface area contributed by atoms with Gasteiger partial charge in [-0.2, -0.15) is 5.26 Å². The highest BCUT2D eigenvalue weighted by molar-refractivity contribution is 6.35. The van der Waals surface area contributed by atoms with Crippen LogP contribution in [0.1, 0.15) is 22.3 Å². The van der Waals surface area contributed by atoms with Crippen molar-refractivity contribution in [3.05, 3.63) is 91.9 Å². The van der Waals surface area contributed by atoms with Crippen molar-refractivity contribution in [1.29, 1.82) is 5.26 Å². The van der Waals surface area contributed by atoms with E-state index in [0.29, 0.717) is 37.7 Å². The summed E-state index contributed by atoms with van der Waals surface area (Å²) in [6, 6.07) is 17.9. The smallest absolute Gasteiger partial charge is 0.180 e. The molecule has 0 bridgehead atoms. The fraction of sp³-hybridized carbons (Fsp3) is 0.130. The van der Waals surface area contributed by atoms with Crippen LogP contribution in [0.15, 0.2) is 59.8 Å². The molecule has 3 rings (SSSR count). The van der Waals surface area contributed by atoms with Crippen LogP contribution in [-0.4, -0.2) is 13.3 Å². The number of benzene rings is 3. The molecule has 0 aliphatic rings. The highest BCUT2D eigenvalue weighted by atomic mass is 35.5. The highest BCUT2D eigenvalue weighted by Gasteiger charge is 2.13. The summed E-state index contributed by atoms with van der Waals surface area (Å²) < 4.78 is 11.2. The molecular formula is C23H17Cl3N2O3. The van der Waals surface area contributed by atoms with E-state index in [0.717, 1.165) is 11.1 Å². The lowest BCUT2D eigenvalue weighted by Gasteiger charge is -2.14. The molecular weight excluding hydrogens is 459 g/mol. The molecule has 0 heterocycles. The zero-order valence-corrected chi connectivity index (χ0v) is 18.7. The Balaban J connectivity index is 1.68. The molecule has 0 amide bonds. The largest absolute Gasteiger partial charge is 0.493 e. The minimum absolute atomic E-state index is 0.175.